The average Bonchev–Trinajstić information content (AvgIpc) is 3.48. The quantitative estimate of drug-likeness (QED) is 0.322. The number of hydrogen-bond acceptors (Lipinski definition) is 5. The molecule has 1 aliphatic rings. The first-order valence-corrected chi connectivity index (χ1v) is 15.5. The summed E-state index contributed by atoms with van der Waals surface area (Å²) in [5.41, 5.74) is 2.01. The van der Waals surface area contributed by atoms with Crippen molar-refractivity contribution in [3.05, 3.63) is 88.9 Å². The first kappa shape index (κ1) is 30.4. The van der Waals surface area contributed by atoms with Gasteiger partial charge in [-0.3, -0.25) is 13.9 Å². The maximum absolute atomic E-state index is 14.0. The second kappa shape index (κ2) is 13.4. The van der Waals surface area contributed by atoms with Gasteiger partial charge in [0.15, 0.2) is 0 Å². The number of halogens is 1. The van der Waals surface area contributed by atoms with E-state index in [1.807, 2.05) is 13.0 Å². The van der Waals surface area contributed by atoms with Crippen LogP contribution < -0.4 is 14.4 Å². The van der Waals surface area contributed by atoms with Gasteiger partial charge < -0.3 is 15.0 Å². The van der Waals surface area contributed by atoms with Gasteiger partial charge in [0, 0.05) is 17.6 Å². The van der Waals surface area contributed by atoms with Crippen molar-refractivity contribution in [2.45, 2.75) is 63.1 Å². The van der Waals surface area contributed by atoms with Crippen LogP contribution in [0.1, 0.15) is 43.7 Å². The lowest BCUT2D eigenvalue weighted by Gasteiger charge is -2.32. The van der Waals surface area contributed by atoms with Crippen molar-refractivity contribution in [3.63, 3.8) is 0 Å². The van der Waals surface area contributed by atoms with Gasteiger partial charge in [0.1, 0.15) is 18.3 Å². The number of rotatable bonds is 11. The second-order valence-corrected chi connectivity index (χ2v) is 12.6. The van der Waals surface area contributed by atoms with Crippen molar-refractivity contribution in [2.24, 2.45) is 0 Å². The average molecular weight is 598 g/mol. The molecule has 0 radical (unpaired) electrons. The number of aryl methyl sites for hydroxylation is 1. The molecular formula is C31H36ClN3O5S. The Balaban J connectivity index is 1.68. The summed E-state index contributed by atoms with van der Waals surface area (Å²) < 4.78 is 34.1. The molecule has 0 saturated heterocycles. The molecule has 0 bridgehead atoms. The molecule has 3 aromatic rings. The third-order valence-electron chi connectivity index (χ3n) is 7.36. The van der Waals surface area contributed by atoms with E-state index in [1.54, 1.807) is 61.5 Å². The van der Waals surface area contributed by atoms with Crippen LogP contribution in [0.3, 0.4) is 0 Å². The van der Waals surface area contributed by atoms with Gasteiger partial charge >= 0.3 is 0 Å². The first-order valence-electron chi connectivity index (χ1n) is 13.7. The summed E-state index contributed by atoms with van der Waals surface area (Å²) in [4.78, 5) is 28.8. The standard InChI is InChI=1S/C31H36ClN3O5S/c1-22-11-13-27(14-12-22)35(41(38,39)29-17-15-28(40-3)16-18-29)21-30(36)34(20-24-7-6-8-25(32)19-24)23(2)31(37)33-26-9-4-5-10-26/h6-8,11-19,23,26H,4-5,9-10,20-21H2,1-3H3,(H,33,37). The van der Waals surface area contributed by atoms with Crippen LogP contribution in [0.4, 0.5) is 5.69 Å². The number of ether oxygens (including phenoxy) is 1. The largest absolute Gasteiger partial charge is 0.497 e. The number of methoxy groups -OCH3 is 1. The van der Waals surface area contributed by atoms with Gasteiger partial charge in [0.05, 0.1) is 17.7 Å². The third kappa shape index (κ3) is 7.59. The van der Waals surface area contributed by atoms with Crippen molar-refractivity contribution < 1.29 is 22.7 Å². The molecule has 1 fully saturated rings. The summed E-state index contributed by atoms with van der Waals surface area (Å²) in [7, 11) is -2.66. The number of hydrogen-bond donors (Lipinski definition) is 1. The smallest absolute Gasteiger partial charge is 0.264 e. The Hall–Kier alpha value is -3.56. The molecule has 1 saturated carbocycles. The monoisotopic (exact) mass is 597 g/mol. The molecule has 0 spiro atoms. The summed E-state index contributed by atoms with van der Waals surface area (Å²) in [6, 6.07) is 19.2. The highest BCUT2D eigenvalue weighted by Gasteiger charge is 2.33. The number of carbonyl (C=O) groups excluding carboxylic acids is 2. The zero-order valence-electron chi connectivity index (χ0n) is 23.5. The van der Waals surface area contributed by atoms with E-state index in [9.17, 15) is 18.0 Å². The SMILES string of the molecule is COc1ccc(S(=O)(=O)N(CC(=O)N(Cc2cccc(Cl)c2)C(C)C(=O)NC2CCCC2)c2ccc(C)cc2)cc1. The van der Waals surface area contributed by atoms with Gasteiger partial charge in [-0.25, -0.2) is 8.42 Å². The molecule has 41 heavy (non-hydrogen) atoms. The molecule has 218 valence electrons. The number of amides is 2. The molecule has 0 aromatic heterocycles. The van der Waals surface area contributed by atoms with Crippen molar-refractivity contribution in [1.29, 1.82) is 0 Å². The minimum Gasteiger partial charge on any atom is -0.497 e. The van der Waals surface area contributed by atoms with Crippen LogP contribution in [0.15, 0.2) is 77.7 Å². The van der Waals surface area contributed by atoms with Gasteiger partial charge in [-0.2, -0.15) is 0 Å². The Labute approximate surface area is 247 Å². The van der Waals surface area contributed by atoms with Crippen molar-refractivity contribution in [2.75, 3.05) is 18.0 Å². The highest BCUT2D eigenvalue weighted by Crippen LogP contribution is 2.27. The topological polar surface area (TPSA) is 96.0 Å². The molecule has 2 amide bonds. The maximum Gasteiger partial charge on any atom is 0.264 e. The zero-order chi connectivity index (χ0) is 29.6. The first-order chi connectivity index (χ1) is 19.6. The number of benzene rings is 3. The number of nitrogens with zero attached hydrogens (tertiary/aromatic N) is 2. The van der Waals surface area contributed by atoms with Gasteiger partial charge in [0.2, 0.25) is 11.8 Å². The van der Waals surface area contributed by atoms with Gasteiger partial charge in [-0.05, 0) is 80.8 Å². The van der Waals surface area contributed by atoms with Crippen LogP contribution in [0.25, 0.3) is 0 Å². The van der Waals surface area contributed by atoms with E-state index in [2.05, 4.69) is 5.32 Å². The van der Waals surface area contributed by atoms with Crippen molar-refractivity contribution in [1.82, 2.24) is 10.2 Å². The summed E-state index contributed by atoms with van der Waals surface area (Å²) >= 11 is 6.21. The fourth-order valence-electron chi connectivity index (χ4n) is 4.92. The molecule has 0 heterocycles. The molecule has 1 aliphatic carbocycles. The van der Waals surface area contributed by atoms with Gasteiger partial charge in [0.25, 0.3) is 10.0 Å². The fourth-order valence-corrected chi connectivity index (χ4v) is 6.55. The minimum absolute atomic E-state index is 0.0140. The summed E-state index contributed by atoms with van der Waals surface area (Å²) in [6.07, 6.45) is 3.92. The Kier molecular flexibility index (Phi) is 9.94. The van der Waals surface area contributed by atoms with Crippen LogP contribution in [-0.4, -0.2) is 50.9 Å². The summed E-state index contributed by atoms with van der Waals surface area (Å²) in [6.45, 7) is 3.15. The minimum atomic E-state index is -4.16. The van der Waals surface area contributed by atoms with E-state index in [-0.39, 0.29) is 23.4 Å². The Morgan fingerprint density at radius 3 is 2.29 bits per heavy atom. The highest BCUT2D eigenvalue weighted by atomic mass is 35.5. The predicted molar refractivity (Wildman–Crippen MR) is 161 cm³/mol. The van der Waals surface area contributed by atoms with E-state index in [1.165, 1.54) is 24.1 Å². The van der Waals surface area contributed by atoms with E-state index < -0.39 is 28.5 Å². The molecule has 4 rings (SSSR count). The van der Waals surface area contributed by atoms with Gasteiger partial charge in [-0.15, -0.1) is 0 Å². The molecule has 1 unspecified atom stereocenters. The van der Waals surface area contributed by atoms with E-state index in [0.29, 0.717) is 16.5 Å². The normalized spacial score (nSPS) is 14.3. The molecule has 1 atom stereocenters. The lowest BCUT2D eigenvalue weighted by Crippen LogP contribution is -2.52. The Bertz CT molecular complexity index is 1460. The summed E-state index contributed by atoms with van der Waals surface area (Å²) in [5, 5.41) is 3.57. The molecule has 3 aromatic carbocycles. The van der Waals surface area contributed by atoms with E-state index in [4.69, 9.17) is 16.3 Å². The van der Waals surface area contributed by atoms with Crippen molar-refractivity contribution in [3.8, 4) is 5.75 Å². The van der Waals surface area contributed by atoms with Crippen LogP contribution in [-0.2, 0) is 26.2 Å². The van der Waals surface area contributed by atoms with Crippen molar-refractivity contribution >= 4 is 39.1 Å². The predicted octanol–water partition coefficient (Wildman–Crippen LogP) is 5.33. The maximum atomic E-state index is 14.0. The lowest BCUT2D eigenvalue weighted by atomic mass is 10.1. The zero-order valence-corrected chi connectivity index (χ0v) is 25.1. The number of nitrogens with one attached hydrogen (secondary N) is 1. The number of anilines is 1. The van der Waals surface area contributed by atoms with Crippen LogP contribution in [0.5, 0.6) is 5.75 Å². The lowest BCUT2D eigenvalue weighted by molar-refractivity contribution is -0.139. The van der Waals surface area contributed by atoms with Crippen LogP contribution in [0, 0.1) is 6.92 Å². The molecule has 1 N–H and O–H groups in total. The van der Waals surface area contributed by atoms with Crippen LogP contribution in [0.2, 0.25) is 5.02 Å². The van der Waals surface area contributed by atoms with Crippen LogP contribution >= 0.6 is 11.6 Å². The number of carbonyl (C=O) groups is 2. The molecule has 0 aliphatic heterocycles. The molecular weight excluding hydrogens is 562 g/mol. The number of sulfonamides is 1. The van der Waals surface area contributed by atoms with E-state index >= 15 is 0 Å². The Morgan fingerprint density at radius 2 is 1.68 bits per heavy atom. The molecule has 10 heteroatoms. The fraction of sp³-hybridized carbons (Fsp3) is 0.355. The third-order valence-corrected chi connectivity index (χ3v) is 9.38. The summed E-state index contributed by atoms with van der Waals surface area (Å²) in [5.74, 6) is -0.277. The van der Waals surface area contributed by atoms with Gasteiger partial charge in [-0.1, -0.05) is 54.3 Å². The van der Waals surface area contributed by atoms with E-state index in [0.717, 1.165) is 41.1 Å². The second-order valence-electron chi connectivity index (χ2n) is 10.3. The Morgan fingerprint density at radius 1 is 1.02 bits per heavy atom. The highest BCUT2D eigenvalue weighted by molar-refractivity contribution is 7.92. The molecule has 8 nitrogen and oxygen atoms in total.